The summed E-state index contributed by atoms with van der Waals surface area (Å²) in [5.41, 5.74) is 7.20. The molecule has 1 atom stereocenters. The largest absolute Gasteiger partial charge is 0.361 e. The number of aryl methyl sites for hydroxylation is 1. The number of hydrogen-bond donors (Lipinski definition) is 2. The SMILES string of the molecule is CC(C)(CN)OC1CCc2ccccc2NC1=O. The number of carbonyl (C=O) groups is 1. The maximum Gasteiger partial charge on any atom is 0.253 e. The number of hydrogen-bond acceptors (Lipinski definition) is 3. The molecule has 0 spiro atoms. The van der Waals surface area contributed by atoms with Gasteiger partial charge < -0.3 is 15.8 Å². The number of carbonyl (C=O) groups excluding carboxylic acids is 1. The normalized spacial score (nSPS) is 19.9. The van der Waals surface area contributed by atoms with Crippen LogP contribution in [0.15, 0.2) is 24.3 Å². The van der Waals surface area contributed by atoms with Crippen LogP contribution in [0.1, 0.15) is 25.8 Å². The third-order valence-corrected chi connectivity index (χ3v) is 3.20. The van der Waals surface area contributed by atoms with E-state index in [2.05, 4.69) is 5.32 Å². The first kappa shape index (κ1) is 13.1. The van der Waals surface area contributed by atoms with Crippen molar-refractivity contribution in [3.63, 3.8) is 0 Å². The molecule has 0 aromatic heterocycles. The Morgan fingerprint density at radius 1 is 1.44 bits per heavy atom. The lowest BCUT2D eigenvalue weighted by atomic mass is 10.1. The molecule has 0 saturated heterocycles. The maximum atomic E-state index is 12.1. The second-order valence-electron chi connectivity index (χ2n) is 5.26. The monoisotopic (exact) mass is 248 g/mol. The van der Waals surface area contributed by atoms with Crippen molar-refractivity contribution in [2.24, 2.45) is 5.73 Å². The minimum Gasteiger partial charge on any atom is -0.361 e. The first-order valence-corrected chi connectivity index (χ1v) is 6.28. The number of fused-ring (bicyclic) bond motifs is 1. The van der Waals surface area contributed by atoms with Crippen LogP contribution < -0.4 is 11.1 Å². The molecule has 1 heterocycles. The van der Waals surface area contributed by atoms with Crippen molar-refractivity contribution in [3.8, 4) is 0 Å². The van der Waals surface area contributed by atoms with Gasteiger partial charge in [-0.3, -0.25) is 4.79 Å². The van der Waals surface area contributed by atoms with Gasteiger partial charge in [-0.25, -0.2) is 0 Å². The molecule has 1 amide bonds. The van der Waals surface area contributed by atoms with Gasteiger partial charge in [0.25, 0.3) is 5.91 Å². The fourth-order valence-corrected chi connectivity index (χ4v) is 2.04. The molecular formula is C14H20N2O2. The van der Waals surface area contributed by atoms with Gasteiger partial charge in [-0.15, -0.1) is 0 Å². The van der Waals surface area contributed by atoms with E-state index in [0.717, 1.165) is 17.7 Å². The van der Waals surface area contributed by atoms with Gasteiger partial charge in [-0.05, 0) is 38.3 Å². The van der Waals surface area contributed by atoms with E-state index in [4.69, 9.17) is 10.5 Å². The van der Waals surface area contributed by atoms with Crippen LogP contribution in [0.3, 0.4) is 0 Å². The van der Waals surface area contributed by atoms with Crippen molar-refractivity contribution in [1.82, 2.24) is 0 Å². The summed E-state index contributed by atoms with van der Waals surface area (Å²) in [7, 11) is 0. The molecule has 0 fully saturated rings. The van der Waals surface area contributed by atoms with E-state index in [-0.39, 0.29) is 5.91 Å². The van der Waals surface area contributed by atoms with Crippen LogP contribution in [-0.2, 0) is 16.0 Å². The van der Waals surface area contributed by atoms with Gasteiger partial charge in [0.1, 0.15) is 6.10 Å². The first-order chi connectivity index (χ1) is 8.52. The van der Waals surface area contributed by atoms with Crippen LogP contribution in [0.2, 0.25) is 0 Å². The van der Waals surface area contributed by atoms with E-state index in [1.54, 1.807) is 0 Å². The van der Waals surface area contributed by atoms with Crippen molar-refractivity contribution < 1.29 is 9.53 Å². The molecule has 1 aliphatic heterocycles. The zero-order valence-electron chi connectivity index (χ0n) is 10.9. The van der Waals surface area contributed by atoms with E-state index < -0.39 is 11.7 Å². The van der Waals surface area contributed by atoms with Gasteiger partial charge in [0.05, 0.1) is 5.60 Å². The van der Waals surface area contributed by atoms with E-state index in [9.17, 15) is 4.79 Å². The predicted molar refractivity (Wildman–Crippen MR) is 71.4 cm³/mol. The summed E-state index contributed by atoms with van der Waals surface area (Å²) in [6, 6.07) is 7.86. The van der Waals surface area contributed by atoms with Gasteiger partial charge in [0.15, 0.2) is 0 Å². The smallest absolute Gasteiger partial charge is 0.253 e. The van der Waals surface area contributed by atoms with Crippen LogP contribution in [0.5, 0.6) is 0 Å². The number of benzene rings is 1. The number of ether oxygens (including phenoxy) is 1. The average molecular weight is 248 g/mol. The van der Waals surface area contributed by atoms with Crippen LogP contribution >= 0.6 is 0 Å². The third-order valence-electron chi connectivity index (χ3n) is 3.20. The highest BCUT2D eigenvalue weighted by Gasteiger charge is 2.29. The van der Waals surface area contributed by atoms with Crippen molar-refractivity contribution in [1.29, 1.82) is 0 Å². The minimum absolute atomic E-state index is 0.0820. The molecule has 4 heteroatoms. The molecule has 1 aliphatic rings. The fourth-order valence-electron chi connectivity index (χ4n) is 2.04. The molecule has 1 aromatic rings. The van der Waals surface area contributed by atoms with Gasteiger partial charge >= 0.3 is 0 Å². The predicted octanol–water partition coefficient (Wildman–Crippen LogP) is 1.69. The summed E-state index contributed by atoms with van der Waals surface area (Å²) >= 11 is 0. The summed E-state index contributed by atoms with van der Waals surface area (Å²) < 4.78 is 5.81. The Morgan fingerprint density at radius 2 is 2.17 bits per heavy atom. The summed E-state index contributed by atoms with van der Waals surface area (Å²) in [5, 5.41) is 2.91. The quantitative estimate of drug-likeness (QED) is 0.855. The van der Waals surface area contributed by atoms with Crippen LogP contribution in [0.25, 0.3) is 0 Å². The number of amides is 1. The lowest BCUT2D eigenvalue weighted by Crippen LogP contribution is -2.42. The molecule has 1 aromatic carbocycles. The standard InChI is InChI=1S/C14H20N2O2/c1-14(2,9-15)18-12-8-7-10-5-3-4-6-11(10)16-13(12)17/h3-6,12H,7-9,15H2,1-2H3,(H,16,17). The highest BCUT2D eigenvalue weighted by Crippen LogP contribution is 2.24. The Hall–Kier alpha value is -1.39. The molecular weight excluding hydrogens is 228 g/mol. The van der Waals surface area contributed by atoms with Gasteiger partial charge in [-0.1, -0.05) is 18.2 Å². The molecule has 0 radical (unpaired) electrons. The van der Waals surface area contributed by atoms with Crippen molar-refractivity contribution in [2.45, 2.75) is 38.4 Å². The summed E-state index contributed by atoms with van der Waals surface area (Å²) in [6.07, 6.45) is 1.09. The summed E-state index contributed by atoms with van der Waals surface area (Å²) in [6.45, 7) is 4.19. The van der Waals surface area contributed by atoms with E-state index in [1.807, 2.05) is 38.1 Å². The summed E-state index contributed by atoms with van der Waals surface area (Å²) in [5.74, 6) is -0.0820. The molecule has 0 bridgehead atoms. The number of nitrogens with one attached hydrogen (secondary N) is 1. The highest BCUT2D eigenvalue weighted by atomic mass is 16.5. The highest BCUT2D eigenvalue weighted by molar-refractivity contribution is 5.95. The molecule has 98 valence electrons. The Kier molecular flexibility index (Phi) is 3.68. The molecule has 4 nitrogen and oxygen atoms in total. The number of anilines is 1. The van der Waals surface area contributed by atoms with E-state index >= 15 is 0 Å². The van der Waals surface area contributed by atoms with Gasteiger partial charge in [0.2, 0.25) is 0 Å². The second-order valence-corrected chi connectivity index (χ2v) is 5.26. The zero-order valence-corrected chi connectivity index (χ0v) is 10.9. The molecule has 18 heavy (non-hydrogen) atoms. The average Bonchev–Trinajstić information content (AvgIpc) is 2.49. The zero-order chi connectivity index (χ0) is 13.2. The summed E-state index contributed by atoms with van der Waals surface area (Å²) in [4.78, 5) is 12.1. The van der Waals surface area contributed by atoms with Crippen molar-refractivity contribution >= 4 is 11.6 Å². The molecule has 1 unspecified atom stereocenters. The van der Waals surface area contributed by atoms with E-state index in [1.165, 1.54) is 0 Å². The topological polar surface area (TPSA) is 64.3 Å². The lowest BCUT2D eigenvalue weighted by Gasteiger charge is -2.28. The third kappa shape index (κ3) is 2.89. The Morgan fingerprint density at radius 3 is 2.89 bits per heavy atom. The van der Waals surface area contributed by atoms with Crippen LogP contribution in [0, 0.1) is 0 Å². The fraction of sp³-hybridized carbons (Fsp3) is 0.500. The van der Waals surface area contributed by atoms with Gasteiger partial charge in [0, 0.05) is 12.2 Å². The molecule has 3 N–H and O–H groups in total. The van der Waals surface area contributed by atoms with Gasteiger partial charge in [-0.2, -0.15) is 0 Å². The Bertz CT molecular complexity index is 443. The first-order valence-electron chi connectivity index (χ1n) is 6.28. The maximum absolute atomic E-state index is 12.1. The molecule has 0 saturated carbocycles. The number of nitrogens with two attached hydrogens (primary N) is 1. The Labute approximate surface area is 108 Å². The molecule has 2 rings (SSSR count). The number of para-hydroxylation sites is 1. The second kappa shape index (κ2) is 5.08. The molecule has 0 aliphatic carbocycles. The van der Waals surface area contributed by atoms with E-state index in [0.29, 0.717) is 13.0 Å². The minimum atomic E-state index is -0.474. The number of rotatable bonds is 3. The Balaban J connectivity index is 2.13. The van der Waals surface area contributed by atoms with Crippen molar-refractivity contribution in [2.75, 3.05) is 11.9 Å². The van der Waals surface area contributed by atoms with Crippen LogP contribution in [-0.4, -0.2) is 24.2 Å². The lowest BCUT2D eigenvalue weighted by molar-refractivity contribution is -0.138. The van der Waals surface area contributed by atoms with Crippen molar-refractivity contribution in [3.05, 3.63) is 29.8 Å². The van der Waals surface area contributed by atoms with Crippen LogP contribution in [0.4, 0.5) is 5.69 Å².